The molecule has 2 aromatic rings. The fourth-order valence-electron chi connectivity index (χ4n) is 2.44. The predicted octanol–water partition coefficient (Wildman–Crippen LogP) is 3.78. The summed E-state index contributed by atoms with van der Waals surface area (Å²) in [4.78, 5) is 14.1. The van der Waals surface area contributed by atoms with Crippen LogP contribution in [0.2, 0.25) is 0 Å². The summed E-state index contributed by atoms with van der Waals surface area (Å²) in [5.41, 5.74) is 2.05. The van der Waals surface area contributed by atoms with Crippen LogP contribution in [0.3, 0.4) is 0 Å². The number of furan rings is 1. The molecule has 0 radical (unpaired) electrons. The lowest BCUT2D eigenvalue weighted by Gasteiger charge is -2.17. The third kappa shape index (κ3) is 4.46. The number of hydrogen-bond donors (Lipinski definition) is 1. The first kappa shape index (κ1) is 16.3. The third-order valence-corrected chi connectivity index (χ3v) is 3.49. The topological polar surface area (TPSA) is 45.5 Å². The number of carbonyl (C=O) groups excluding carboxylic acids is 1. The maximum absolute atomic E-state index is 12.2. The lowest BCUT2D eigenvalue weighted by Crippen LogP contribution is -2.30. The molecule has 1 aromatic heterocycles. The zero-order valence-electron chi connectivity index (χ0n) is 13.7. The molecule has 4 heteroatoms. The number of benzene rings is 1. The maximum atomic E-state index is 12.2. The Bertz CT molecular complexity index is 632. The van der Waals surface area contributed by atoms with Crippen molar-refractivity contribution in [2.75, 3.05) is 18.9 Å². The molecule has 1 aromatic carbocycles. The largest absolute Gasteiger partial charge is 0.465 e. The molecule has 22 heavy (non-hydrogen) atoms. The molecule has 2 rings (SSSR count). The standard InChI is InChI=1S/C18H24N2O2/c1-13(2)16-7-5-6-8-17(16)19-18(21)12-20(4)11-15-10-9-14(3)22-15/h5-10,13H,11-12H2,1-4H3,(H,19,21). The Morgan fingerprint density at radius 1 is 1.23 bits per heavy atom. The van der Waals surface area contributed by atoms with Gasteiger partial charge in [0.05, 0.1) is 13.1 Å². The van der Waals surface area contributed by atoms with Gasteiger partial charge >= 0.3 is 0 Å². The van der Waals surface area contributed by atoms with Crippen molar-refractivity contribution in [2.24, 2.45) is 0 Å². The van der Waals surface area contributed by atoms with Crippen LogP contribution in [-0.2, 0) is 11.3 Å². The summed E-state index contributed by atoms with van der Waals surface area (Å²) in [5.74, 6) is 2.12. The highest BCUT2D eigenvalue weighted by atomic mass is 16.3. The summed E-state index contributed by atoms with van der Waals surface area (Å²) in [6.07, 6.45) is 0. The van der Waals surface area contributed by atoms with Crippen LogP contribution in [0.5, 0.6) is 0 Å². The molecule has 1 amide bonds. The minimum atomic E-state index is -0.0149. The molecule has 0 unspecified atom stereocenters. The van der Waals surface area contributed by atoms with Gasteiger partial charge in [-0.25, -0.2) is 0 Å². The van der Waals surface area contributed by atoms with Crippen molar-refractivity contribution in [3.05, 3.63) is 53.5 Å². The molecule has 0 spiro atoms. The van der Waals surface area contributed by atoms with Crippen LogP contribution in [-0.4, -0.2) is 24.4 Å². The number of hydrogen-bond acceptors (Lipinski definition) is 3. The fourth-order valence-corrected chi connectivity index (χ4v) is 2.44. The predicted molar refractivity (Wildman–Crippen MR) is 88.9 cm³/mol. The summed E-state index contributed by atoms with van der Waals surface area (Å²) in [5, 5.41) is 3.00. The van der Waals surface area contributed by atoms with E-state index in [1.54, 1.807) is 0 Å². The van der Waals surface area contributed by atoms with E-state index in [2.05, 4.69) is 25.2 Å². The van der Waals surface area contributed by atoms with Crippen molar-refractivity contribution in [3.63, 3.8) is 0 Å². The van der Waals surface area contributed by atoms with Crippen molar-refractivity contribution in [2.45, 2.75) is 33.2 Å². The highest BCUT2D eigenvalue weighted by Gasteiger charge is 2.12. The number of nitrogens with one attached hydrogen (secondary N) is 1. The van der Waals surface area contributed by atoms with E-state index in [1.807, 2.05) is 49.2 Å². The lowest BCUT2D eigenvalue weighted by atomic mass is 10.0. The molecule has 4 nitrogen and oxygen atoms in total. The normalized spacial score (nSPS) is 11.2. The van der Waals surface area contributed by atoms with E-state index in [1.165, 1.54) is 0 Å². The Hall–Kier alpha value is -2.07. The van der Waals surface area contributed by atoms with E-state index in [0.29, 0.717) is 19.0 Å². The molecule has 0 saturated carbocycles. The summed E-state index contributed by atoms with van der Waals surface area (Å²) in [6, 6.07) is 11.8. The fraction of sp³-hybridized carbons (Fsp3) is 0.389. The molecular formula is C18H24N2O2. The van der Waals surface area contributed by atoms with Crippen LogP contribution >= 0.6 is 0 Å². The van der Waals surface area contributed by atoms with Gasteiger partial charge in [-0.1, -0.05) is 32.0 Å². The first-order valence-corrected chi connectivity index (χ1v) is 7.58. The van der Waals surface area contributed by atoms with E-state index in [0.717, 1.165) is 22.8 Å². The number of nitrogens with zero attached hydrogens (tertiary/aromatic N) is 1. The van der Waals surface area contributed by atoms with Crippen molar-refractivity contribution in [1.29, 1.82) is 0 Å². The molecule has 0 aliphatic heterocycles. The second-order valence-corrected chi connectivity index (χ2v) is 5.97. The molecule has 0 fully saturated rings. The summed E-state index contributed by atoms with van der Waals surface area (Å²) in [6.45, 7) is 7.10. The zero-order valence-corrected chi connectivity index (χ0v) is 13.7. The van der Waals surface area contributed by atoms with Crippen LogP contribution in [0.15, 0.2) is 40.8 Å². The first-order chi connectivity index (χ1) is 10.5. The third-order valence-electron chi connectivity index (χ3n) is 3.49. The maximum Gasteiger partial charge on any atom is 0.238 e. The van der Waals surface area contributed by atoms with Gasteiger partial charge in [-0.05, 0) is 43.7 Å². The number of rotatable bonds is 6. The Morgan fingerprint density at radius 3 is 2.59 bits per heavy atom. The van der Waals surface area contributed by atoms with Crippen molar-refractivity contribution in [1.82, 2.24) is 4.90 Å². The Labute approximate surface area is 132 Å². The number of carbonyl (C=O) groups is 1. The zero-order chi connectivity index (χ0) is 16.1. The smallest absolute Gasteiger partial charge is 0.238 e. The average molecular weight is 300 g/mol. The molecule has 0 atom stereocenters. The highest BCUT2D eigenvalue weighted by Crippen LogP contribution is 2.23. The van der Waals surface area contributed by atoms with Gasteiger partial charge in [0, 0.05) is 5.69 Å². The Balaban J connectivity index is 1.92. The van der Waals surface area contributed by atoms with Gasteiger partial charge in [0.1, 0.15) is 11.5 Å². The van der Waals surface area contributed by atoms with Gasteiger partial charge in [-0.15, -0.1) is 0 Å². The number of amides is 1. The summed E-state index contributed by atoms with van der Waals surface area (Å²) >= 11 is 0. The minimum absolute atomic E-state index is 0.0149. The Morgan fingerprint density at radius 2 is 1.95 bits per heavy atom. The molecule has 0 aliphatic carbocycles. The highest BCUT2D eigenvalue weighted by molar-refractivity contribution is 5.93. The second kappa shape index (κ2) is 7.27. The van der Waals surface area contributed by atoms with E-state index in [9.17, 15) is 4.79 Å². The van der Waals surface area contributed by atoms with Gasteiger partial charge < -0.3 is 9.73 Å². The monoisotopic (exact) mass is 300 g/mol. The number of para-hydroxylation sites is 1. The summed E-state index contributed by atoms with van der Waals surface area (Å²) in [7, 11) is 1.91. The minimum Gasteiger partial charge on any atom is -0.465 e. The van der Waals surface area contributed by atoms with Crippen molar-refractivity contribution >= 4 is 11.6 Å². The number of anilines is 1. The van der Waals surface area contributed by atoms with Gasteiger partial charge in [0.2, 0.25) is 5.91 Å². The van der Waals surface area contributed by atoms with E-state index in [-0.39, 0.29) is 5.91 Å². The van der Waals surface area contributed by atoms with Crippen LogP contribution in [0.4, 0.5) is 5.69 Å². The number of aryl methyl sites for hydroxylation is 1. The lowest BCUT2D eigenvalue weighted by molar-refractivity contribution is -0.117. The molecule has 0 aliphatic rings. The van der Waals surface area contributed by atoms with Crippen LogP contribution in [0.25, 0.3) is 0 Å². The van der Waals surface area contributed by atoms with Crippen molar-refractivity contribution in [3.8, 4) is 0 Å². The molecule has 1 heterocycles. The Kier molecular flexibility index (Phi) is 5.39. The molecule has 0 saturated heterocycles. The molecular weight excluding hydrogens is 276 g/mol. The molecule has 118 valence electrons. The van der Waals surface area contributed by atoms with Gasteiger partial charge in [-0.3, -0.25) is 9.69 Å². The van der Waals surface area contributed by atoms with Gasteiger partial charge in [0.25, 0.3) is 0 Å². The first-order valence-electron chi connectivity index (χ1n) is 7.58. The van der Waals surface area contributed by atoms with Gasteiger partial charge in [-0.2, -0.15) is 0 Å². The van der Waals surface area contributed by atoms with E-state index >= 15 is 0 Å². The molecule has 0 bridgehead atoms. The van der Waals surface area contributed by atoms with E-state index in [4.69, 9.17) is 4.42 Å². The quantitative estimate of drug-likeness (QED) is 0.883. The van der Waals surface area contributed by atoms with Gasteiger partial charge in [0.15, 0.2) is 0 Å². The average Bonchev–Trinajstić information content (AvgIpc) is 2.83. The SMILES string of the molecule is Cc1ccc(CN(C)CC(=O)Nc2ccccc2C(C)C)o1. The van der Waals surface area contributed by atoms with Crippen LogP contribution in [0, 0.1) is 6.92 Å². The van der Waals surface area contributed by atoms with Crippen molar-refractivity contribution < 1.29 is 9.21 Å². The second-order valence-electron chi connectivity index (χ2n) is 5.97. The van der Waals surface area contributed by atoms with E-state index < -0.39 is 0 Å². The molecule has 1 N–H and O–H groups in total. The van der Waals surface area contributed by atoms with Crippen LogP contribution < -0.4 is 5.32 Å². The summed E-state index contributed by atoms with van der Waals surface area (Å²) < 4.78 is 5.53. The van der Waals surface area contributed by atoms with Crippen LogP contribution in [0.1, 0.15) is 36.8 Å². The number of likely N-dealkylation sites (N-methyl/N-ethyl adjacent to an activating group) is 1.